The predicted octanol–water partition coefficient (Wildman–Crippen LogP) is 2.75. The van der Waals surface area contributed by atoms with E-state index in [2.05, 4.69) is 49.7 Å². The number of aromatic nitrogens is 1. The van der Waals surface area contributed by atoms with E-state index < -0.39 is 0 Å². The highest BCUT2D eigenvalue weighted by Gasteiger charge is 2.27. The molecule has 1 saturated heterocycles. The number of benzene rings is 1. The van der Waals surface area contributed by atoms with E-state index in [0.29, 0.717) is 0 Å². The van der Waals surface area contributed by atoms with Gasteiger partial charge in [0.05, 0.1) is 6.54 Å². The lowest BCUT2D eigenvalue weighted by Crippen LogP contribution is -2.43. The zero-order valence-corrected chi connectivity index (χ0v) is 13.6. The van der Waals surface area contributed by atoms with Crippen LogP contribution >= 0.6 is 0 Å². The largest absolute Gasteiger partial charge is 0.371 e. The summed E-state index contributed by atoms with van der Waals surface area (Å²) in [6.45, 7) is 2.51. The van der Waals surface area contributed by atoms with E-state index in [-0.39, 0.29) is 18.0 Å². The van der Waals surface area contributed by atoms with Gasteiger partial charge in [-0.25, -0.2) is 0 Å². The van der Waals surface area contributed by atoms with Crippen molar-refractivity contribution in [2.45, 2.75) is 25.4 Å². The molecule has 24 heavy (non-hydrogen) atoms. The highest BCUT2D eigenvalue weighted by atomic mass is 16.2. The summed E-state index contributed by atoms with van der Waals surface area (Å²) < 4.78 is 0. The summed E-state index contributed by atoms with van der Waals surface area (Å²) in [6, 6.07) is 8.38. The molecular weight excluding hydrogens is 302 g/mol. The van der Waals surface area contributed by atoms with Gasteiger partial charge >= 0.3 is 0 Å². The Bertz CT molecular complexity index is 762. The number of piperidine rings is 1. The number of carbonyl (C=O) groups is 1. The van der Waals surface area contributed by atoms with E-state index in [1.54, 1.807) is 0 Å². The molecule has 1 aromatic heterocycles. The maximum atomic E-state index is 12.4. The molecule has 0 bridgehead atoms. The number of hydrogen-bond donors (Lipinski definition) is 1. The molecule has 0 saturated carbocycles. The molecule has 1 atom stereocenters. The van der Waals surface area contributed by atoms with Crippen LogP contribution in [0.15, 0.2) is 46.9 Å². The van der Waals surface area contributed by atoms with Gasteiger partial charge < -0.3 is 10.2 Å². The molecule has 1 N–H and O–H groups in total. The third kappa shape index (κ3) is 2.96. The second-order valence-corrected chi connectivity index (χ2v) is 6.43. The Labute approximate surface area is 141 Å². The summed E-state index contributed by atoms with van der Waals surface area (Å²) >= 11 is 0. The number of fused-ring (bicyclic) bond motifs is 1. The van der Waals surface area contributed by atoms with Gasteiger partial charge in [-0.1, -0.05) is 12.1 Å². The number of anilines is 1. The van der Waals surface area contributed by atoms with E-state index in [0.717, 1.165) is 44.3 Å². The first-order valence-corrected chi connectivity index (χ1v) is 8.56. The van der Waals surface area contributed by atoms with Crippen molar-refractivity contribution in [3.8, 4) is 0 Å². The highest BCUT2D eigenvalue weighted by molar-refractivity contribution is 5.93. The monoisotopic (exact) mass is 323 g/mol. The van der Waals surface area contributed by atoms with Crippen molar-refractivity contribution >= 4 is 22.4 Å². The van der Waals surface area contributed by atoms with Crippen molar-refractivity contribution in [2.75, 3.05) is 24.5 Å². The van der Waals surface area contributed by atoms with Crippen molar-refractivity contribution in [1.29, 1.82) is 0 Å². The summed E-state index contributed by atoms with van der Waals surface area (Å²) in [5.41, 5.74) is 1.23. The summed E-state index contributed by atoms with van der Waals surface area (Å²) in [6.07, 6.45) is 6.20. The summed E-state index contributed by atoms with van der Waals surface area (Å²) in [5.74, 6) is 0.205. The minimum atomic E-state index is -0.110. The number of hydrogen-bond acceptors (Lipinski definition) is 5. The smallest absolute Gasteiger partial charge is 0.224 e. The molecular formula is C18H21N5O. The lowest BCUT2D eigenvalue weighted by molar-refractivity contribution is -0.126. The molecule has 4 rings (SSSR count). The van der Waals surface area contributed by atoms with Gasteiger partial charge in [0.15, 0.2) is 0 Å². The fourth-order valence-electron chi connectivity index (χ4n) is 3.54. The minimum absolute atomic E-state index is 0.0775. The number of carbonyl (C=O) groups excluding carboxylic acids is 1. The van der Waals surface area contributed by atoms with Gasteiger partial charge in [-0.05, 0) is 25.0 Å². The highest BCUT2D eigenvalue weighted by Crippen LogP contribution is 2.30. The van der Waals surface area contributed by atoms with E-state index >= 15 is 0 Å². The summed E-state index contributed by atoms with van der Waals surface area (Å²) in [4.78, 5) is 18.9. The average molecular weight is 323 g/mol. The number of azo groups is 1. The van der Waals surface area contributed by atoms with Gasteiger partial charge in [0.1, 0.15) is 6.17 Å². The Hall–Kier alpha value is -2.50. The normalized spacial score (nSPS) is 21.3. The number of nitrogens with one attached hydrogen (secondary N) is 1. The lowest BCUT2D eigenvalue weighted by atomic mass is 9.95. The first-order chi connectivity index (χ1) is 11.8. The molecule has 1 aromatic carbocycles. The minimum Gasteiger partial charge on any atom is -0.371 e. The van der Waals surface area contributed by atoms with E-state index in [9.17, 15) is 4.79 Å². The van der Waals surface area contributed by atoms with Crippen LogP contribution < -0.4 is 10.2 Å². The molecule has 1 fully saturated rings. The molecule has 0 aliphatic carbocycles. The zero-order chi connectivity index (χ0) is 16.4. The van der Waals surface area contributed by atoms with Crippen LogP contribution in [0.4, 0.5) is 5.69 Å². The molecule has 1 amide bonds. The summed E-state index contributed by atoms with van der Waals surface area (Å²) in [7, 11) is 0. The van der Waals surface area contributed by atoms with Gasteiger partial charge in [0, 0.05) is 54.3 Å². The van der Waals surface area contributed by atoms with Crippen molar-refractivity contribution in [3.05, 3.63) is 36.7 Å². The van der Waals surface area contributed by atoms with Gasteiger partial charge in [-0.3, -0.25) is 9.78 Å². The molecule has 2 aliphatic rings. The number of pyridine rings is 1. The van der Waals surface area contributed by atoms with Gasteiger partial charge in [0.2, 0.25) is 5.91 Å². The SMILES string of the molecule is O=C(NC1CCN=N1)C1CCN(c2cccc3cnccc23)CC1. The van der Waals surface area contributed by atoms with Gasteiger partial charge in [-0.2, -0.15) is 10.2 Å². The fraction of sp³-hybridized carbons (Fsp3) is 0.444. The molecule has 1 unspecified atom stereocenters. The first-order valence-electron chi connectivity index (χ1n) is 8.56. The predicted molar refractivity (Wildman–Crippen MR) is 93.0 cm³/mol. The first kappa shape index (κ1) is 15.1. The van der Waals surface area contributed by atoms with Crippen LogP contribution in [0.25, 0.3) is 10.8 Å². The standard InChI is InChI=1S/C18H21N5O/c24-18(21-17-5-9-20-22-17)13-6-10-23(11-7-13)16-3-1-2-14-12-19-8-4-15(14)16/h1-4,8,12-13,17H,5-7,9-11H2,(H,21,24). The van der Waals surface area contributed by atoms with Crippen LogP contribution in [0.1, 0.15) is 19.3 Å². The van der Waals surface area contributed by atoms with Crippen molar-refractivity contribution in [3.63, 3.8) is 0 Å². The average Bonchev–Trinajstić information content (AvgIpc) is 3.14. The second kappa shape index (κ2) is 6.55. The van der Waals surface area contributed by atoms with Crippen molar-refractivity contribution in [2.24, 2.45) is 16.1 Å². The Morgan fingerprint density at radius 1 is 1.17 bits per heavy atom. The third-order valence-corrected chi connectivity index (χ3v) is 4.90. The molecule has 6 heteroatoms. The van der Waals surface area contributed by atoms with Crippen molar-refractivity contribution in [1.82, 2.24) is 10.3 Å². The third-order valence-electron chi connectivity index (χ3n) is 4.90. The van der Waals surface area contributed by atoms with Crippen LogP contribution in [-0.4, -0.2) is 36.7 Å². The maximum absolute atomic E-state index is 12.4. The number of rotatable bonds is 3. The van der Waals surface area contributed by atoms with E-state index in [4.69, 9.17) is 0 Å². The molecule has 124 valence electrons. The van der Waals surface area contributed by atoms with Crippen LogP contribution in [0.5, 0.6) is 0 Å². The Morgan fingerprint density at radius 3 is 2.83 bits per heavy atom. The number of nitrogens with zero attached hydrogens (tertiary/aromatic N) is 4. The fourth-order valence-corrected chi connectivity index (χ4v) is 3.54. The van der Waals surface area contributed by atoms with Crippen LogP contribution in [0.2, 0.25) is 0 Å². The molecule has 2 aliphatic heterocycles. The summed E-state index contributed by atoms with van der Waals surface area (Å²) in [5, 5.41) is 13.4. The van der Waals surface area contributed by atoms with Gasteiger partial charge in [0.25, 0.3) is 0 Å². The van der Waals surface area contributed by atoms with Crippen LogP contribution in [-0.2, 0) is 4.79 Å². The second-order valence-electron chi connectivity index (χ2n) is 6.43. The Morgan fingerprint density at radius 2 is 2.04 bits per heavy atom. The number of amides is 1. The lowest BCUT2D eigenvalue weighted by Gasteiger charge is -2.34. The van der Waals surface area contributed by atoms with E-state index in [1.165, 1.54) is 11.1 Å². The van der Waals surface area contributed by atoms with Crippen LogP contribution in [0, 0.1) is 5.92 Å². The molecule has 3 heterocycles. The van der Waals surface area contributed by atoms with Crippen LogP contribution in [0.3, 0.4) is 0 Å². The Balaban J connectivity index is 1.42. The van der Waals surface area contributed by atoms with E-state index in [1.807, 2.05) is 12.4 Å². The maximum Gasteiger partial charge on any atom is 0.224 e. The molecule has 6 nitrogen and oxygen atoms in total. The quantitative estimate of drug-likeness (QED) is 0.944. The topological polar surface area (TPSA) is 70.0 Å². The molecule has 0 spiro atoms. The molecule has 0 radical (unpaired) electrons. The van der Waals surface area contributed by atoms with Crippen molar-refractivity contribution < 1.29 is 4.79 Å². The Kier molecular flexibility index (Phi) is 4.11. The molecule has 2 aromatic rings. The zero-order valence-electron chi connectivity index (χ0n) is 13.6. The van der Waals surface area contributed by atoms with Gasteiger partial charge in [-0.15, -0.1) is 0 Å².